The molecule has 2 N–H and O–H groups in total. The Hall–Kier alpha value is -1.78. The van der Waals surface area contributed by atoms with E-state index in [1.54, 1.807) is 23.5 Å². The normalized spacial score (nSPS) is 12.8. The molecule has 0 radical (unpaired) electrons. The van der Waals surface area contributed by atoms with Crippen LogP contribution in [0.3, 0.4) is 0 Å². The van der Waals surface area contributed by atoms with Crippen molar-refractivity contribution in [3.05, 3.63) is 70.1 Å². The van der Waals surface area contributed by atoms with Crippen molar-refractivity contribution in [3.63, 3.8) is 0 Å². The minimum atomic E-state index is -0.249. The van der Waals surface area contributed by atoms with Crippen LogP contribution in [-0.2, 0) is 6.42 Å². The van der Waals surface area contributed by atoms with Crippen LogP contribution in [0.1, 0.15) is 22.0 Å². The molecule has 3 aromatic rings. The van der Waals surface area contributed by atoms with Crippen LogP contribution in [0.25, 0.3) is 10.1 Å². The van der Waals surface area contributed by atoms with Gasteiger partial charge in [0.1, 0.15) is 11.6 Å². The molecule has 2 aromatic carbocycles. The lowest BCUT2D eigenvalue weighted by Crippen LogP contribution is -2.12. The number of benzene rings is 2. The zero-order valence-electron chi connectivity index (χ0n) is 11.6. The summed E-state index contributed by atoms with van der Waals surface area (Å²) >= 11 is 1.56. The first-order valence-corrected chi connectivity index (χ1v) is 7.54. The molecular formula is C17H15F2NS. The Morgan fingerprint density at radius 2 is 1.76 bits per heavy atom. The molecule has 0 saturated carbocycles. The molecule has 21 heavy (non-hydrogen) atoms. The van der Waals surface area contributed by atoms with Crippen LogP contribution in [-0.4, -0.2) is 0 Å². The Balaban J connectivity index is 1.89. The largest absolute Gasteiger partial charge is 0.323 e. The third-order valence-corrected chi connectivity index (χ3v) is 4.86. The molecule has 0 aliphatic rings. The summed E-state index contributed by atoms with van der Waals surface area (Å²) < 4.78 is 27.6. The van der Waals surface area contributed by atoms with Crippen molar-refractivity contribution in [2.75, 3.05) is 0 Å². The second-order valence-corrected chi connectivity index (χ2v) is 6.33. The van der Waals surface area contributed by atoms with Crippen LogP contribution in [0.15, 0.2) is 42.5 Å². The van der Waals surface area contributed by atoms with Crippen molar-refractivity contribution in [2.45, 2.75) is 19.4 Å². The summed E-state index contributed by atoms with van der Waals surface area (Å²) in [5, 5.41) is 0.862. The van der Waals surface area contributed by atoms with E-state index in [9.17, 15) is 8.78 Å². The standard InChI is InChI=1S/C17H15F2NS/c1-10-2-3-13(18)6-11(10)8-15(20)17-9-12-7-14(19)4-5-16(12)21-17/h2-7,9,15H,8,20H2,1H3. The molecule has 0 bridgehead atoms. The fourth-order valence-corrected chi connectivity index (χ4v) is 3.46. The van der Waals surface area contributed by atoms with Crippen molar-refractivity contribution in [3.8, 4) is 0 Å². The third-order valence-electron chi connectivity index (χ3n) is 3.61. The monoisotopic (exact) mass is 303 g/mol. The minimum Gasteiger partial charge on any atom is -0.323 e. The van der Waals surface area contributed by atoms with E-state index in [1.165, 1.54) is 24.3 Å². The second kappa shape index (κ2) is 5.54. The molecule has 3 rings (SSSR count). The summed E-state index contributed by atoms with van der Waals surface area (Å²) in [6, 6.07) is 11.2. The van der Waals surface area contributed by atoms with Crippen LogP contribution < -0.4 is 5.73 Å². The van der Waals surface area contributed by atoms with E-state index in [-0.39, 0.29) is 17.7 Å². The summed E-state index contributed by atoms with van der Waals surface area (Å²) in [5.74, 6) is -0.498. The van der Waals surface area contributed by atoms with Crippen molar-refractivity contribution in [1.29, 1.82) is 0 Å². The van der Waals surface area contributed by atoms with Gasteiger partial charge in [0.05, 0.1) is 0 Å². The van der Waals surface area contributed by atoms with Crippen molar-refractivity contribution >= 4 is 21.4 Å². The van der Waals surface area contributed by atoms with Gasteiger partial charge in [-0.3, -0.25) is 0 Å². The number of nitrogens with two attached hydrogens (primary N) is 1. The molecular weight excluding hydrogens is 288 g/mol. The summed E-state index contributed by atoms with van der Waals surface area (Å²) in [4.78, 5) is 0.985. The minimum absolute atomic E-state index is 0.217. The van der Waals surface area contributed by atoms with E-state index < -0.39 is 0 Å². The van der Waals surface area contributed by atoms with Gasteiger partial charge in [0, 0.05) is 15.6 Å². The first kappa shape index (κ1) is 14.2. The molecule has 0 saturated heterocycles. The summed E-state index contributed by atoms with van der Waals surface area (Å²) in [5.41, 5.74) is 8.18. The van der Waals surface area contributed by atoms with Crippen molar-refractivity contribution < 1.29 is 8.78 Å². The fraction of sp³-hybridized carbons (Fsp3) is 0.176. The van der Waals surface area contributed by atoms with Crippen LogP contribution in [0.5, 0.6) is 0 Å². The van der Waals surface area contributed by atoms with E-state index in [0.29, 0.717) is 6.42 Å². The average Bonchev–Trinajstić information content (AvgIpc) is 2.86. The van der Waals surface area contributed by atoms with E-state index >= 15 is 0 Å². The van der Waals surface area contributed by atoms with Gasteiger partial charge in [-0.05, 0) is 66.3 Å². The van der Waals surface area contributed by atoms with E-state index in [1.807, 2.05) is 13.0 Å². The van der Waals surface area contributed by atoms with E-state index in [0.717, 1.165) is 26.1 Å². The number of aryl methyl sites for hydroxylation is 1. The quantitative estimate of drug-likeness (QED) is 0.743. The molecule has 0 aliphatic carbocycles. The van der Waals surface area contributed by atoms with Gasteiger partial charge in [0.2, 0.25) is 0 Å². The predicted molar refractivity (Wildman–Crippen MR) is 83.6 cm³/mol. The number of rotatable bonds is 3. The zero-order chi connectivity index (χ0) is 15.0. The number of halogens is 2. The first-order chi connectivity index (χ1) is 10.0. The maximum absolute atomic E-state index is 13.3. The Labute approximate surface area is 126 Å². The maximum Gasteiger partial charge on any atom is 0.123 e. The van der Waals surface area contributed by atoms with Gasteiger partial charge in [0.15, 0.2) is 0 Å². The highest BCUT2D eigenvalue weighted by molar-refractivity contribution is 7.19. The summed E-state index contributed by atoms with van der Waals surface area (Å²) in [6.45, 7) is 1.95. The average molecular weight is 303 g/mol. The molecule has 108 valence electrons. The number of thiophene rings is 1. The Bertz CT molecular complexity index is 795. The maximum atomic E-state index is 13.3. The highest BCUT2D eigenvalue weighted by atomic mass is 32.1. The molecule has 0 amide bonds. The smallest absolute Gasteiger partial charge is 0.123 e. The van der Waals surface area contributed by atoms with Crippen LogP contribution in [0.4, 0.5) is 8.78 Å². The van der Waals surface area contributed by atoms with E-state index in [2.05, 4.69) is 0 Å². The Kier molecular flexibility index (Phi) is 3.74. The SMILES string of the molecule is Cc1ccc(F)cc1CC(N)c1cc2cc(F)ccc2s1. The van der Waals surface area contributed by atoms with Crippen LogP contribution >= 0.6 is 11.3 Å². The number of hydrogen-bond acceptors (Lipinski definition) is 2. The topological polar surface area (TPSA) is 26.0 Å². The highest BCUT2D eigenvalue weighted by Gasteiger charge is 2.13. The summed E-state index contributed by atoms with van der Waals surface area (Å²) in [6.07, 6.45) is 0.568. The molecule has 0 spiro atoms. The summed E-state index contributed by atoms with van der Waals surface area (Å²) in [7, 11) is 0. The lowest BCUT2D eigenvalue weighted by molar-refractivity contribution is 0.621. The number of fused-ring (bicyclic) bond motifs is 1. The lowest BCUT2D eigenvalue weighted by Gasteiger charge is -2.12. The molecule has 0 fully saturated rings. The molecule has 1 atom stereocenters. The van der Waals surface area contributed by atoms with Crippen LogP contribution in [0, 0.1) is 18.6 Å². The van der Waals surface area contributed by atoms with Gasteiger partial charge >= 0.3 is 0 Å². The van der Waals surface area contributed by atoms with Crippen molar-refractivity contribution in [1.82, 2.24) is 0 Å². The number of hydrogen-bond donors (Lipinski definition) is 1. The molecule has 1 nitrogen and oxygen atoms in total. The highest BCUT2D eigenvalue weighted by Crippen LogP contribution is 2.31. The predicted octanol–water partition coefficient (Wildman–Crippen LogP) is 4.73. The van der Waals surface area contributed by atoms with Gasteiger partial charge < -0.3 is 5.73 Å². The molecule has 4 heteroatoms. The van der Waals surface area contributed by atoms with Crippen molar-refractivity contribution in [2.24, 2.45) is 5.73 Å². The Morgan fingerprint density at radius 1 is 1.05 bits per heavy atom. The second-order valence-electron chi connectivity index (χ2n) is 5.21. The Morgan fingerprint density at radius 3 is 2.57 bits per heavy atom. The third kappa shape index (κ3) is 2.96. The van der Waals surface area contributed by atoms with Gasteiger partial charge in [-0.25, -0.2) is 8.78 Å². The fourth-order valence-electron chi connectivity index (χ4n) is 2.41. The molecule has 1 aromatic heterocycles. The van der Waals surface area contributed by atoms with Gasteiger partial charge in [0.25, 0.3) is 0 Å². The molecule has 1 unspecified atom stereocenters. The van der Waals surface area contributed by atoms with Gasteiger partial charge in [-0.2, -0.15) is 0 Å². The van der Waals surface area contributed by atoms with Crippen LogP contribution in [0.2, 0.25) is 0 Å². The first-order valence-electron chi connectivity index (χ1n) is 6.72. The zero-order valence-corrected chi connectivity index (χ0v) is 12.4. The molecule has 0 aliphatic heterocycles. The van der Waals surface area contributed by atoms with Gasteiger partial charge in [-0.1, -0.05) is 6.07 Å². The van der Waals surface area contributed by atoms with E-state index in [4.69, 9.17) is 5.73 Å². The van der Waals surface area contributed by atoms with Gasteiger partial charge in [-0.15, -0.1) is 11.3 Å². The lowest BCUT2D eigenvalue weighted by atomic mass is 10.0. The molecule has 1 heterocycles.